The first-order chi connectivity index (χ1) is 16.1. The number of halogens is 5. The number of hydrogen-bond acceptors (Lipinski definition) is 4. The van der Waals surface area contributed by atoms with Crippen LogP contribution in [0.2, 0.25) is 15.1 Å². The van der Waals surface area contributed by atoms with Crippen LogP contribution >= 0.6 is 58.0 Å². The predicted octanol–water partition coefficient (Wildman–Crippen LogP) is 7.82. The maximum atomic E-state index is 12.9. The second-order valence-electron chi connectivity index (χ2n) is 7.61. The highest BCUT2D eigenvalue weighted by Gasteiger charge is 2.67. The van der Waals surface area contributed by atoms with E-state index in [1.165, 1.54) is 36.4 Å². The maximum Gasteiger partial charge on any atom is 0.257 e. The summed E-state index contributed by atoms with van der Waals surface area (Å²) in [7, 11) is 0. The van der Waals surface area contributed by atoms with E-state index in [9.17, 15) is 14.5 Å². The Kier molecular flexibility index (Phi) is 7.08. The third-order valence-corrected chi connectivity index (χ3v) is 7.00. The van der Waals surface area contributed by atoms with Crippen molar-refractivity contribution in [3.05, 3.63) is 91.8 Å². The number of carbonyl (C=O) groups is 2. The average Bonchev–Trinajstić information content (AvgIpc) is 3.37. The van der Waals surface area contributed by atoms with Crippen LogP contribution in [0.5, 0.6) is 0 Å². The number of alkyl halides is 2. The Labute approximate surface area is 219 Å². The molecule has 6 nitrogen and oxygen atoms in total. The topological polar surface area (TPSA) is 87.6 Å². The Hall–Kier alpha value is -2.35. The second kappa shape index (κ2) is 9.72. The van der Waals surface area contributed by atoms with Gasteiger partial charge in [0, 0.05) is 27.3 Å². The fourth-order valence-electron chi connectivity index (χ4n) is 3.62. The Bertz CT molecular complexity index is 1280. The van der Waals surface area contributed by atoms with Gasteiger partial charge in [-0.3, -0.25) is 9.59 Å². The van der Waals surface area contributed by atoms with Crippen LogP contribution in [-0.4, -0.2) is 16.1 Å². The van der Waals surface area contributed by atoms with Crippen molar-refractivity contribution in [1.29, 1.82) is 0 Å². The van der Waals surface area contributed by atoms with Crippen LogP contribution in [0.3, 0.4) is 0 Å². The molecule has 0 bridgehead atoms. The standard InChI is InChI=1S/C23H14Cl5N3O3/c24-12-7-11(8-13(25)9-12)19-20(23(19,27)28)22(33)30-16-5-6-18(26)17(10-16)21(32)29-14-1-3-15(31-34)4-2-14/h1-10,19-20H,(H,29,32)(H,30,33). The van der Waals surface area contributed by atoms with E-state index in [-0.39, 0.29) is 16.3 Å². The number of carbonyl (C=O) groups excluding carboxylic acids is 2. The fraction of sp³-hybridized carbons (Fsp3) is 0.130. The van der Waals surface area contributed by atoms with Crippen LogP contribution < -0.4 is 10.6 Å². The first-order valence-electron chi connectivity index (χ1n) is 9.79. The average molecular weight is 558 g/mol. The van der Waals surface area contributed by atoms with E-state index in [0.717, 1.165) is 0 Å². The van der Waals surface area contributed by atoms with Gasteiger partial charge >= 0.3 is 0 Å². The maximum absolute atomic E-state index is 12.9. The Morgan fingerprint density at radius 2 is 1.44 bits per heavy atom. The highest BCUT2D eigenvalue weighted by atomic mass is 35.5. The molecule has 1 saturated carbocycles. The van der Waals surface area contributed by atoms with Crippen LogP contribution in [0.25, 0.3) is 0 Å². The summed E-state index contributed by atoms with van der Waals surface area (Å²) in [6, 6.07) is 15.4. The third-order valence-electron chi connectivity index (χ3n) is 5.29. The van der Waals surface area contributed by atoms with E-state index < -0.39 is 28.0 Å². The number of anilines is 2. The monoisotopic (exact) mass is 555 g/mol. The zero-order valence-corrected chi connectivity index (χ0v) is 20.8. The Morgan fingerprint density at radius 3 is 2.06 bits per heavy atom. The molecule has 0 aromatic heterocycles. The number of nitrogens with one attached hydrogen (secondary N) is 2. The normalized spacial score (nSPS) is 18.1. The number of nitroso groups, excluding NO2 is 1. The van der Waals surface area contributed by atoms with E-state index in [2.05, 4.69) is 15.8 Å². The SMILES string of the molecule is O=Nc1ccc(NC(=O)c2cc(NC(=O)C3C(c4cc(Cl)cc(Cl)c4)C3(Cl)Cl)ccc2Cl)cc1. The molecule has 0 spiro atoms. The predicted molar refractivity (Wildman–Crippen MR) is 137 cm³/mol. The summed E-state index contributed by atoms with van der Waals surface area (Å²) in [6.45, 7) is 0. The number of hydrogen-bond donors (Lipinski definition) is 2. The second-order valence-corrected chi connectivity index (χ2v) is 10.3. The molecule has 0 aliphatic heterocycles. The Balaban J connectivity index is 1.49. The van der Waals surface area contributed by atoms with E-state index in [4.69, 9.17) is 58.0 Å². The van der Waals surface area contributed by atoms with Crippen LogP contribution in [-0.2, 0) is 4.79 Å². The van der Waals surface area contributed by atoms with Crippen LogP contribution in [0.4, 0.5) is 17.1 Å². The molecule has 2 amide bonds. The molecule has 0 heterocycles. The molecule has 0 radical (unpaired) electrons. The smallest absolute Gasteiger partial charge is 0.257 e. The van der Waals surface area contributed by atoms with Crippen molar-refractivity contribution in [2.45, 2.75) is 10.3 Å². The zero-order chi connectivity index (χ0) is 24.6. The minimum atomic E-state index is -1.34. The van der Waals surface area contributed by atoms with E-state index >= 15 is 0 Å². The Morgan fingerprint density at radius 1 is 0.824 bits per heavy atom. The van der Waals surface area contributed by atoms with Crippen LogP contribution in [0.1, 0.15) is 21.8 Å². The van der Waals surface area contributed by atoms with Gasteiger partial charge in [-0.05, 0) is 71.4 Å². The summed E-state index contributed by atoms with van der Waals surface area (Å²) >= 11 is 31.1. The van der Waals surface area contributed by atoms with Crippen molar-refractivity contribution in [3.63, 3.8) is 0 Å². The molecular formula is C23H14Cl5N3O3. The molecule has 2 N–H and O–H groups in total. The van der Waals surface area contributed by atoms with E-state index in [1.807, 2.05) is 0 Å². The summed E-state index contributed by atoms with van der Waals surface area (Å²) in [6.07, 6.45) is 0. The largest absolute Gasteiger partial charge is 0.326 e. The lowest BCUT2D eigenvalue weighted by Gasteiger charge is -2.10. The molecular weight excluding hydrogens is 544 g/mol. The lowest BCUT2D eigenvalue weighted by atomic mass is 10.1. The number of rotatable bonds is 6. The molecule has 2 unspecified atom stereocenters. The molecule has 4 rings (SSSR count). The summed E-state index contributed by atoms with van der Waals surface area (Å²) in [4.78, 5) is 36.2. The van der Waals surface area contributed by atoms with Crippen molar-refractivity contribution in [2.75, 3.05) is 10.6 Å². The molecule has 3 aromatic carbocycles. The molecule has 174 valence electrons. The van der Waals surface area contributed by atoms with Crippen molar-refractivity contribution >= 4 is 86.9 Å². The van der Waals surface area contributed by atoms with Gasteiger partial charge in [-0.25, -0.2) is 0 Å². The van der Waals surface area contributed by atoms with Gasteiger partial charge in [-0.1, -0.05) is 34.8 Å². The highest BCUT2D eigenvalue weighted by Crippen LogP contribution is 2.65. The van der Waals surface area contributed by atoms with Gasteiger partial charge in [0.1, 0.15) is 10.0 Å². The molecule has 34 heavy (non-hydrogen) atoms. The number of nitrogens with zero attached hydrogens (tertiary/aromatic N) is 1. The van der Waals surface area contributed by atoms with Gasteiger partial charge in [0.25, 0.3) is 5.91 Å². The van der Waals surface area contributed by atoms with Crippen molar-refractivity contribution in [3.8, 4) is 0 Å². The first-order valence-corrected chi connectivity index (χ1v) is 11.7. The van der Waals surface area contributed by atoms with Crippen LogP contribution in [0.15, 0.2) is 65.8 Å². The van der Waals surface area contributed by atoms with Crippen molar-refractivity contribution in [1.82, 2.24) is 0 Å². The van der Waals surface area contributed by atoms with E-state index in [0.29, 0.717) is 27.0 Å². The number of amides is 2. The van der Waals surface area contributed by atoms with Gasteiger partial charge in [-0.2, -0.15) is 0 Å². The van der Waals surface area contributed by atoms with Gasteiger partial charge in [0.2, 0.25) is 5.91 Å². The molecule has 3 aromatic rings. The van der Waals surface area contributed by atoms with E-state index in [1.54, 1.807) is 24.3 Å². The highest BCUT2D eigenvalue weighted by molar-refractivity contribution is 6.53. The van der Waals surface area contributed by atoms with Crippen LogP contribution in [0, 0.1) is 10.8 Å². The molecule has 1 aliphatic carbocycles. The number of benzene rings is 3. The fourth-order valence-corrected chi connectivity index (χ4v) is 5.20. The van der Waals surface area contributed by atoms with Gasteiger partial charge in [-0.15, -0.1) is 28.1 Å². The zero-order valence-electron chi connectivity index (χ0n) is 17.0. The van der Waals surface area contributed by atoms with Gasteiger partial charge in [0.05, 0.1) is 16.5 Å². The molecule has 11 heteroatoms. The van der Waals surface area contributed by atoms with Crippen molar-refractivity contribution in [2.24, 2.45) is 11.1 Å². The first kappa shape index (κ1) is 24.8. The summed E-state index contributed by atoms with van der Waals surface area (Å²) in [5.41, 5.74) is 1.79. The summed E-state index contributed by atoms with van der Waals surface area (Å²) < 4.78 is -1.34. The quantitative estimate of drug-likeness (QED) is 0.239. The molecule has 1 aliphatic rings. The third kappa shape index (κ3) is 5.16. The molecule has 0 saturated heterocycles. The lowest BCUT2D eigenvalue weighted by Crippen LogP contribution is -2.18. The minimum absolute atomic E-state index is 0.133. The van der Waals surface area contributed by atoms with Gasteiger partial charge in [0.15, 0.2) is 0 Å². The summed E-state index contributed by atoms with van der Waals surface area (Å²) in [5.74, 6) is -2.21. The molecule has 2 atom stereocenters. The molecule has 1 fully saturated rings. The minimum Gasteiger partial charge on any atom is -0.326 e. The lowest BCUT2D eigenvalue weighted by molar-refractivity contribution is -0.117. The van der Waals surface area contributed by atoms with Gasteiger partial charge < -0.3 is 10.6 Å². The van der Waals surface area contributed by atoms with Crippen molar-refractivity contribution < 1.29 is 9.59 Å². The summed E-state index contributed by atoms with van der Waals surface area (Å²) in [5, 5.41) is 9.21.